The van der Waals surface area contributed by atoms with E-state index in [1.807, 2.05) is 0 Å². The molecule has 2 amide bonds. The molecule has 9 nitrogen and oxygen atoms in total. The van der Waals surface area contributed by atoms with E-state index in [9.17, 15) is 18.0 Å². The van der Waals surface area contributed by atoms with Crippen LogP contribution in [-0.2, 0) is 14.8 Å². The molecular formula is C24H33N3O6S. The summed E-state index contributed by atoms with van der Waals surface area (Å²) in [7, 11) is -0.728. The first-order valence-electron chi connectivity index (χ1n) is 11.0. The van der Waals surface area contributed by atoms with E-state index in [1.54, 1.807) is 45.9 Å². The van der Waals surface area contributed by atoms with Crippen molar-refractivity contribution in [3.63, 3.8) is 0 Å². The number of sulfonamides is 1. The molecule has 186 valence electrons. The van der Waals surface area contributed by atoms with Crippen LogP contribution in [0.15, 0.2) is 47.4 Å². The molecule has 10 heteroatoms. The van der Waals surface area contributed by atoms with Gasteiger partial charge in [-0.2, -0.15) is 4.31 Å². The van der Waals surface area contributed by atoms with Crippen LogP contribution in [0.1, 0.15) is 38.1 Å². The number of methoxy groups -OCH3 is 2. The molecule has 1 atom stereocenters. The summed E-state index contributed by atoms with van der Waals surface area (Å²) in [6.07, 6.45) is 0. The van der Waals surface area contributed by atoms with Crippen LogP contribution >= 0.6 is 0 Å². The fraction of sp³-hybridized carbons (Fsp3) is 0.417. The molecule has 0 aliphatic heterocycles. The minimum absolute atomic E-state index is 0.0236. The minimum Gasteiger partial charge on any atom is -0.497 e. The van der Waals surface area contributed by atoms with Gasteiger partial charge in [-0.15, -0.1) is 0 Å². The minimum atomic E-state index is -3.73. The summed E-state index contributed by atoms with van der Waals surface area (Å²) in [5, 5.41) is 5.50. The maximum Gasteiger partial charge on any atom is 0.251 e. The highest BCUT2D eigenvalue weighted by Crippen LogP contribution is 2.29. The van der Waals surface area contributed by atoms with Gasteiger partial charge in [0.15, 0.2) is 0 Å². The van der Waals surface area contributed by atoms with Gasteiger partial charge in [-0.1, -0.05) is 33.8 Å². The van der Waals surface area contributed by atoms with Crippen molar-refractivity contribution in [1.29, 1.82) is 0 Å². The Hall–Kier alpha value is -3.11. The molecule has 0 aliphatic rings. The van der Waals surface area contributed by atoms with Crippen LogP contribution in [0, 0.1) is 5.92 Å². The largest absolute Gasteiger partial charge is 0.497 e. The third-order valence-electron chi connectivity index (χ3n) is 5.34. The van der Waals surface area contributed by atoms with E-state index in [0.29, 0.717) is 30.3 Å². The van der Waals surface area contributed by atoms with Gasteiger partial charge in [0.1, 0.15) is 17.5 Å². The Morgan fingerprint density at radius 3 is 2.24 bits per heavy atom. The number of carbonyl (C=O) groups excluding carboxylic acids is 2. The predicted molar refractivity (Wildman–Crippen MR) is 131 cm³/mol. The number of amides is 2. The molecule has 0 fully saturated rings. The summed E-state index contributed by atoms with van der Waals surface area (Å²) in [6, 6.07) is 9.90. The second-order valence-corrected chi connectivity index (χ2v) is 9.81. The molecule has 0 saturated carbocycles. The lowest BCUT2D eigenvalue weighted by Gasteiger charge is -2.23. The Bertz CT molecular complexity index is 1110. The first-order chi connectivity index (χ1) is 16.1. The van der Waals surface area contributed by atoms with Crippen molar-refractivity contribution in [3.05, 3.63) is 48.0 Å². The number of benzene rings is 2. The second kappa shape index (κ2) is 11.8. The number of hydrogen-bond acceptors (Lipinski definition) is 6. The molecule has 2 N–H and O–H groups in total. The molecule has 0 bridgehead atoms. The maximum atomic E-state index is 13.1. The molecule has 0 heterocycles. The summed E-state index contributed by atoms with van der Waals surface area (Å²) in [6.45, 7) is 7.74. The third-order valence-corrected chi connectivity index (χ3v) is 7.39. The highest BCUT2D eigenvalue weighted by atomic mass is 32.2. The average molecular weight is 492 g/mol. The van der Waals surface area contributed by atoms with Crippen LogP contribution in [0.25, 0.3) is 0 Å². The Morgan fingerprint density at radius 2 is 1.68 bits per heavy atom. The zero-order chi connectivity index (χ0) is 25.5. The number of hydrogen-bond donors (Lipinski definition) is 2. The summed E-state index contributed by atoms with van der Waals surface area (Å²) in [4.78, 5) is 26.1. The van der Waals surface area contributed by atoms with Crippen LogP contribution in [0.3, 0.4) is 0 Å². The number of anilines is 1. The van der Waals surface area contributed by atoms with Gasteiger partial charge < -0.3 is 20.1 Å². The summed E-state index contributed by atoms with van der Waals surface area (Å²) < 4.78 is 37.5. The van der Waals surface area contributed by atoms with Gasteiger partial charge in [-0.25, -0.2) is 8.42 Å². The molecule has 0 saturated heterocycles. The fourth-order valence-corrected chi connectivity index (χ4v) is 4.90. The van der Waals surface area contributed by atoms with Crippen molar-refractivity contribution >= 4 is 27.5 Å². The molecule has 2 rings (SSSR count). The predicted octanol–water partition coefficient (Wildman–Crippen LogP) is 3.13. The number of nitrogens with zero attached hydrogens (tertiary/aromatic N) is 1. The third kappa shape index (κ3) is 6.27. The van der Waals surface area contributed by atoms with Gasteiger partial charge in [-0.3, -0.25) is 9.59 Å². The van der Waals surface area contributed by atoms with E-state index >= 15 is 0 Å². The van der Waals surface area contributed by atoms with E-state index in [0.717, 1.165) is 0 Å². The number of nitrogens with one attached hydrogen (secondary N) is 2. The second-order valence-electron chi connectivity index (χ2n) is 7.87. The van der Waals surface area contributed by atoms with Gasteiger partial charge in [0.05, 0.1) is 24.8 Å². The molecule has 2 aromatic carbocycles. The van der Waals surface area contributed by atoms with Crippen molar-refractivity contribution < 1.29 is 27.5 Å². The summed E-state index contributed by atoms with van der Waals surface area (Å²) >= 11 is 0. The Labute approximate surface area is 201 Å². The van der Waals surface area contributed by atoms with Crippen molar-refractivity contribution in [1.82, 2.24) is 9.62 Å². The SMILES string of the molecule is CCN(CC)S(=O)(=O)c1cccc(C(=O)NC(C(=O)Nc2cc(OC)ccc2OC)C(C)C)c1. The zero-order valence-electron chi connectivity index (χ0n) is 20.4. The first kappa shape index (κ1) is 27.1. The fourth-order valence-electron chi connectivity index (χ4n) is 3.39. The number of ether oxygens (including phenoxy) is 2. The van der Waals surface area contributed by atoms with E-state index in [-0.39, 0.29) is 16.4 Å². The van der Waals surface area contributed by atoms with Crippen LogP contribution in [-0.4, -0.2) is 57.9 Å². The lowest BCUT2D eigenvalue weighted by atomic mass is 10.0. The van der Waals surface area contributed by atoms with E-state index < -0.39 is 27.9 Å². The van der Waals surface area contributed by atoms with Gasteiger partial charge in [0, 0.05) is 24.7 Å². The van der Waals surface area contributed by atoms with Crippen LogP contribution in [0.4, 0.5) is 5.69 Å². The molecule has 0 aliphatic carbocycles. The van der Waals surface area contributed by atoms with Gasteiger partial charge in [0.2, 0.25) is 15.9 Å². The monoisotopic (exact) mass is 491 g/mol. The molecule has 0 radical (unpaired) electrons. The Kier molecular flexibility index (Phi) is 9.46. The Balaban J connectivity index is 2.27. The number of rotatable bonds is 11. The first-order valence-corrected chi connectivity index (χ1v) is 12.5. The van der Waals surface area contributed by atoms with Gasteiger partial charge >= 0.3 is 0 Å². The average Bonchev–Trinajstić information content (AvgIpc) is 2.82. The van der Waals surface area contributed by atoms with Crippen molar-refractivity contribution in [2.24, 2.45) is 5.92 Å². The normalized spacial score (nSPS) is 12.4. The lowest BCUT2D eigenvalue weighted by Crippen LogP contribution is -2.47. The van der Waals surface area contributed by atoms with E-state index in [2.05, 4.69) is 10.6 Å². The molecule has 34 heavy (non-hydrogen) atoms. The number of carbonyl (C=O) groups is 2. The van der Waals surface area contributed by atoms with Crippen LogP contribution < -0.4 is 20.1 Å². The van der Waals surface area contributed by atoms with Gasteiger partial charge in [-0.05, 0) is 36.2 Å². The summed E-state index contributed by atoms with van der Waals surface area (Å²) in [5.41, 5.74) is 0.546. The Morgan fingerprint density at radius 1 is 1.00 bits per heavy atom. The highest BCUT2D eigenvalue weighted by Gasteiger charge is 2.27. The highest BCUT2D eigenvalue weighted by molar-refractivity contribution is 7.89. The van der Waals surface area contributed by atoms with E-state index in [4.69, 9.17) is 9.47 Å². The summed E-state index contributed by atoms with van der Waals surface area (Å²) in [5.74, 6) is -0.266. The van der Waals surface area contributed by atoms with Crippen LogP contribution in [0.2, 0.25) is 0 Å². The molecular weight excluding hydrogens is 458 g/mol. The zero-order valence-corrected chi connectivity index (χ0v) is 21.2. The maximum absolute atomic E-state index is 13.1. The molecule has 0 spiro atoms. The molecule has 2 aromatic rings. The van der Waals surface area contributed by atoms with E-state index in [1.165, 1.54) is 42.8 Å². The standard InChI is InChI=1S/C24H33N3O6S/c1-7-27(8-2)34(30,31)19-11-9-10-17(14-19)23(28)26-22(16(3)4)24(29)25-20-15-18(32-5)12-13-21(20)33-6/h9-16,22H,7-8H2,1-6H3,(H,25,29)(H,26,28). The smallest absolute Gasteiger partial charge is 0.251 e. The van der Waals surface area contributed by atoms with Gasteiger partial charge in [0.25, 0.3) is 5.91 Å². The lowest BCUT2D eigenvalue weighted by molar-refractivity contribution is -0.118. The molecule has 0 aromatic heterocycles. The topological polar surface area (TPSA) is 114 Å². The molecule has 1 unspecified atom stereocenters. The van der Waals surface area contributed by atoms with Crippen molar-refractivity contribution in [2.75, 3.05) is 32.6 Å². The van der Waals surface area contributed by atoms with Crippen molar-refractivity contribution in [3.8, 4) is 11.5 Å². The van der Waals surface area contributed by atoms with Crippen LogP contribution in [0.5, 0.6) is 11.5 Å². The van der Waals surface area contributed by atoms with Crippen molar-refractivity contribution in [2.45, 2.75) is 38.6 Å². The quantitative estimate of drug-likeness (QED) is 0.499.